The molecule has 0 amide bonds. The van der Waals surface area contributed by atoms with E-state index in [1.807, 2.05) is 12.1 Å². The number of hydrogen-bond donors (Lipinski definition) is 1. The number of allylic oxidation sites excluding steroid dienone is 2. The Balaban J connectivity index is 2.35. The predicted molar refractivity (Wildman–Crippen MR) is 81.9 cm³/mol. The maximum absolute atomic E-state index is 8.80. The maximum atomic E-state index is 8.80. The highest BCUT2D eigenvalue weighted by Gasteiger charge is 2.16. The first-order valence-corrected chi connectivity index (χ1v) is 6.89. The van der Waals surface area contributed by atoms with Crippen LogP contribution in [-0.2, 0) is 6.42 Å². The molecule has 0 unspecified atom stereocenters. The lowest BCUT2D eigenvalue weighted by Gasteiger charge is -2.18. The van der Waals surface area contributed by atoms with E-state index in [-0.39, 0.29) is 11.0 Å². The molecule has 2 aromatic rings. The summed E-state index contributed by atoms with van der Waals surface area (Å²) in [6.07, 6.45) is 5.28. The van der Waals surface area contributed by atoms with E-state index < -0.39 is 0 Å². The molecule has 0 saturated carbocycles. The number of hydrogen-bond acceptors (Lipinski definition) is 5. The summed E-state index contributed by atoms with van der Waals surface area (Å²) in [4.78, 5) is 11.4. The van der Waals surface area contributed by atoms with E-state index in [0.717, 1.165) is 10.9 Å². The first-order chi connectivity index (χ1) is 10.4. The molecule has 1 N–H and O–H groups in total. The maximum Gasteiger partial charge on any atom is 0.226 e. The molecule has 2 aromatic heterocycles. The van der Waals surface area contributed by atoms with Crippen molar-refractivity contribution in [2.24, 2.45) is 5.41 Å². The standard InChI is InChI=1S/C16H17N5O/c1-16(2,3)9-22-15-13-12(5-4-11(6-17)7-18)8-19-14(13)20-10-21-15/h4,8,10H,5,9H2,1-3H3,(H,19,20,21). The Kier molecular flexibility index (Phi) is 4.43. The van der Waals surface area contributed by atoms with Crippen molar-refractivity contribution >= 4 is 11.0 Å². The van der Waals surface area contributed by atoms with Crippen molar-refractivity contribution in [2.75, 3.05) is 6.61 Å². The smallest absolute Gasteiger partial charge is 0.226 e. The summed E-state index contributed by atoms with van der Waals surface area (Å²) >= 11 is 0. The minimum atomic E-state index is 0.0163. The second kappa shape index (κ2) is 6.28. The second-order valence-electron chi connectivity index (χ2n) is 6.11. The molecule has 0 aromatic carbocycles. The van der Waals surface area contributed by atoms with Crippen molar-refractivity contribution in [3.8, 4) is 18.0 Å². The van der Waals surface area contributed by atoms with Gasteiger partial charge in [0, 0.05) is 6.20 Å². The van der Waals surface area contributed by atoms with Gasteiger partial charge in [0.05, 0.1) is 12.0 Å². The van der Waals surface area contributed by atoms with Gasteiger partial charge >= 0.3 is 0 Å². The molecular formula is C16H17N5O. The monoisotopic (exact) mass is 295 g/mol. The fourth-order valence-electron chi connectivity index (χ4n) is 1.88. The lowest BCUT2D eigenvalue weighted by Crippen LogP contribution is -2.17. The quantitative estimate of drug-likeness (QED) is 0.874. The highest BCUT2D eigenvalue weighted by atomic mass is 16.5. The molecule has 0 aliphatic rings. The molecule has 6 heteroatoms. The van der Waals surface area contributed by atoms with Crippen LogP contribution in [0.1, 0.15) is 26.3 Å². The van der Waals surface area contributed by atoms with Crippen LogP contribution in [0.3, 0.4) is 0 Å². The lowest BCUT2D eigenvalue weighted by atomic mass is 9.99. The molecule has 112 valence electrons. The van der Waals surface area contributed by atoms with Crippen LogP contribution < -0.4 is 4.74 Å². The molecule has 0 fully saturated rings. The van der Waals surface area contributed by atoms with E-state index in [2.05, 4.69) is 35.7 Å². The Morgan fingerprint density at radius 3 is 2.68 bits per heavy atom. The third-order valence-electron chi connectivity index (χ3n) is 2.93. The average Bonchev–Trinajstić information content (AvgIpc) is 2.89. The Hall–Kier alpha value is -2.86. The van der Waals surface area contributed by atoms with Gasteiger partial charge < -0.3 is 9.72 Å². The van der Waals surface area contributed by atoms with E-state index in [4.69, 9.17) is 15.3 Å². The number of aromatic nitrogens is 3. The number of nitrogens with one attached hydrogen (secondary N) is 1. The van der Waals surface area contributed by atoms with Crippen molar-refractivity contribution in [1.82, 2.24) is 15.0 Å². The minimum Gasteiger partial charge on any atom is -0.477 e. The Labute approximate surface area is 129 Å². The van der Waals surface area contributed by atoms with Gasteiger partial charge in [-0.05, 0) is 17.4 Å². The number of fused-ring (bicyclic) bond motifs is 1. The van der Waals surface area contributed by atoms with Gasteiger partial charge in [0.15, 0.2) is 0 Å². The zero-order valence-corrected chi connectivity index (χ0v) is 12.8. The van der Waals surface area contributed by atoms with Crippen molar-refractivity contribution in [3.05, 3.63) is 29.7 Å². The molecule has 6 nitrogen and oxygen atoms in total. The Bertz CT molecular complexity index is 767. The third kappa shape index (κ3) is 3.62. The summed E-state index contributed by atoms with van der Waals surface area (Å²) in [5.74, 6) is 0.514. The largest absolute Gasteiger partial charge is 0.477 e. The summed E-state index contributed by atoms with van der Waals surface area (Å²) in [5, 5.41) is 18.4. The number of H-pyrrole nitrogens is 1. The zero-order chi connectivity index (χ0) is 16.2. The Morgan fingerprint density at radius 1 is 1.32 bits per heavy atom. The summed E-state index contributed by atoms with van der Waals surface area (Å²) in [5.41, 5.74) is 1.67. The molecule has 0 atom stereocenters. The van der Waals surface area contributed by atoms with Crippen molar-refractivity contribution < 1.29 is 4.74 Å². The highest BCUT2D eigenvalue weighted by Crippen LogP contribution is 2.27. The van der Waals surface area contributed by atoms with Gasteiger partial charge in [-0.1, -0.05) is 26.8 Å². The number of ether oxygens (including phenoxy) is 1. The molecule has 0 spiro atoms. The van der Waals surface area contributed by atoms with E-state index in [0.29, 0.717) is 24.6 Å². The van der Waals surface area contributed by atoms with Crippen LogP contribution in [0.25, 0.3) is 11.0 Å². The van der Waals surface area contributed by atoms with Crippen LogP contribution in [0.2, 0.25) is 0 Å². The topological polar surface area (TPSA) is 98.4 Å². The molecule has 22 heavy (non-hydrogen) atoms. The van der Waals surface area contributed by atoms with E-state index >= 15 is 0 Å². The van der Waals surface area contributed by atoms with Crippen molar-refractivity contribution in [3.63, 3.8) is 0 Å². The average molecular weight is 295 g/mol. The van der Waals surface area contributed by atoms with E-state index in [1.165, 1.54) is 6.33 Å². The highest BCUT2D eigenvalue weighted by molar-refractivity contribution is 5.84. The fraction of sp³-hybridized carbons (Fsp3) is 0.375. The van der Waals surface area contributed by atoms with Crippen molar-refractivity contribution in [2.45, 2.75) is 27.2 Å². The molecule has 0 radical (unpaired) electrons. The van der Waals surface area contributed by atoms with Crippen LogP contribution in [0, 0.1) is 28.1 Å². The van der Waals surface area contributed by atoms with Crippen LogP contribution in [0.4, 0.5) is 0 Å². The summed E-state index contributed by atoms with van der Waals surface area (Å²) in [6, 6.07) is 3.70. The first kappa shape index (κ1) is 15.5. The number of nitriles is 2. The molecule has 0 aliphatic heterocycles. The number of aromatic amines is 1. The molecule has 0 saturated heterocycles. The predicted octanol–water partition coefficient (Wildman–Crippen LogP) is 2.90. The van der Waals surface area contributed by atoms with Gasteiger partial charge in [-0.3, -0.25) is 0 Å². The van der Waals surface area contributed by atoms with Gasteiger partial charge in [0.1, 0.15) is 29.7 Å². The van der Waals surface area contributed by atoms with Gasteiger partial charge in [0.2, 0.25) is 5.88 Å². The van der Waals surface area contributed by atoms with Gasteiger partial charge in [-0.25, -0.2) is 9.97 Å². The molecule has 0 bridgehead atoms. The molecular weight excluding hydrogens is 278 g/mol. The van der Waals surface area contributed by atoms with Crippen LogP contribution in [0.5, 0.6) is 5.88 Å². The van der Waals surface area contributed by atoms with Crippen molar-refractivity contribution in [1.29, 1.82) is 10.5 Å². The van der Waals surface area contributed by atoms with E-state index in [1.54, 1.807) is 12.3 Å². The lowest BCUT2D eigenvalue weighted by molar-refractivity contribution is 0.193. The normalized spacial score (nSPS) is 10.8. The third-order valence-corrected chi connectivity index (χ3v) is 2.93. The van der Waals surface area contributed by atoms with Crippen LogP contribution in [0.15, 0.2) is 24.2 Å². The SMILES string of the molecule is CC(C)(C)COc1ncnc2[nH]cc(CC=C(C#N)C#N)c12. The van der Waals surface area contributed by atoms with Gasteiger partial charge in [-0.15, -0.1) is 0 Å². The number of nitrogens with zero attached hydrogens (tertiary/aromatic N) is 4. The van der Waals surface area contributed by atoms with Gasteiger partial charge in [0.25, 0.3) is 0 Å². The van der Waals surface area contributed by atoms with Crippen LogP contribution >= 0.6 is 0 Å². The molecule has 0 aliphatic carbocycles. The van der Waals surface area contributed by atoms with Crippen LogP contribution in [-0.4, -0.2) is 21.6 Å². The number of rotatable bonds is 4. The first-order valence-electron chi connectivity index (χ1n) is 6.89. The van der Waals surface area contributed by atoms with Gasteiger partial charge in [-0.2, -0.15) is 10.5 Å². The molecule has 2 heterocycles. The minimum absolute atomic E-state index is 0.0163. The summed E-state index contributed by atoms with van der Waals surface area (Å²) in [6.45, 7) is 6.77. The molecule has 2 rings (SSSR count). The summed E-state index contributed by atoms with van der Waals surface area (Å²) < 4.78 is 5.82. The second-order valence-corrected chi connectivity index (χ2v) is 6.11. The fourth-order valence-corrected chi connectivity index (χ4v) is 1.88. The summed E-state index contributed by atoms with van der Waals surface area (Å²) in [7, 11) is 0. The van der Waals surface area contributed by atoms with E-state index in [9.17, 15) is 0 Å². The Morgan fingerprint density at radius 2 is 2.05 bits per heavy atom. The zero-order valence-electron chi connectivity index (χ0n) is 12.8.